The van der Waals surface area contributed by atoms with Crippen LogP contribution in [0.3, 0.4) is 0 Å². The molecule has 61 valence electrons. The number of nitrogens with zero attached hydrogens (tertiary/aromatic N) is 1. The standard InChI is InChI=1S/C8H18NO/c1-4-6-7-9(5-2)8(3)10/h8,10H,3-7H2,1-2H3. The highest BCUT2D eigenvalue weighted by molar-refractivity contribution is 4.60. The van der Waals surface area contributed by atoms with Crippen molar-refractivity contribution in [2.24, 2.45) is 0 Å². The van der Waals surface area contributed by atoms with E-state index in [1.165, 1.54) is 6.42 Å². The van der Waals surface area contributed by atoms with Crippen molar-refractivity contribution in [3.8, 4) is 0 Å². The Bertz CT molecular complexity index is 73.7. The largest absolute Gasteiger partial charge is 0.378 e. The highest BCUT2D eigenvalue weighted by atomic mass is 16.3. The first-order valence-corrected chi connectivity index (χ1v) is 3.97. The second-order valence-electron chi connectivity index (χ2n) is 2.46. The minimum absolute atomic E-state index is 0.531. The van der Waals surface area contributed by atoms with Gasteiger partial charge in [0.15, 0.2) is 0 Å². The molecule has 0 aliphatic rings. The zero-order chi connectivity index (χ0) is 7.98. The molecule has 10 heavy (non-hydrogen) atoms. The van der Waals surface area contributed by atoms with Crippen LogP contribution in [-0.4, -0.2) is 29.3 Å². The highest BCUT2D eigenvalue weighted by Gasteiger charge is 2.05. The fourth-order valence-corrected chi connectivity index (χ4v) is 0.879. The van der Waals surface area contributed by atoms with Crippen molar-refractivity contribution < 1.29 is 5.11 Å². The normalized spacial score (nSPS) is 14.1. The van der Waals surface area contributed by atoms with E-state index in [2.05, 4.69) is 13.8 Å². The van der Waals surface area contributed by atoms with E-state index in [-0.39, 0.29) is 0 Å². The Labute approximate surface area is 63.8 Å². The fourth-order valence-electron chi connectivity index (χ4n) is 0.879. The van der Waals surface area contributed by atoms with E-state index >= 15 is 0 Å². The molecule has 0 aromatic rings. The molecule has 0 saturated heterocycles. The van der Waals surface area contributed by atoms with Crippen LogP contribution in [0, 0.1) is 6.92 Å². The third-order valence-electron chi connectivity index (χ3n) is 1.63. The van der Waals surface area contributed by atoms with E-state index in [1.807, 2.05) is 11.8 Å². The average Bonchev–Trinajstić information content (AvgIpc) is 1.89. The average molecular weight is 144 g/mol. The number of aliphatic hydroxyl groups is 1. The van der Waals surface area contributed by atoms with Crippen molar-refractivity contribution >= 4 is 0 Å². The Hall–Kier alpha value is -0.0800. The molecule has 0 heterocycles. The van der Waals surface area contributed by atoms with E-state index in [0.717, 1.165) is 19.5 Å². The SMILES string of the molecule is [CH2]C(O)N(CC)CCCC. The first kappa shape index (κ1) is 9.92. The van der Waals surface area contributed by atoms with Gasteiger partial charge in [-0.15, -0.1) is 0 Å². The van der Waals surface area contributed by atoms with Gasteiger partial charge in [0.2, 0.25) is 0 Å². The van der Waals surface area contributed by atoms with Gasteiger partial charge >= 0.3 is 0 Å². The zero-order valence-electron chi connectivity index (χ0n) is 7.01. The molecule has 0 fully saturated rings. The number of hydrogen-bond donors (Lipinski definition) is 1. The molecule has 0 amide bonds. The Morgan fingerprint density at radius 3 is 2.40 bits per heavy atom. The van der Waals surface area contributed by atoms with Crippen LogP contribution >= 0.6 is 0 Å². The van der Waals surface area contributed by atoms with Gasteiger partial charge in [-0.2, -0.15) is 0 Å². The maximum atomic E-state index is 9.05. The van der Waals surface area contributed by atoms with E-state index in [0.29, 0.717) is 0 Å². The summed E-state index contributed by atoms with van der Waals surface area (Å²) in [5.74, 6) is 0. The van der Waals surface area contributed by atoms with E-state index in [9.17, 15) is 0 Å². The summed E-state index contributed by atoms with van der Waals surface area (Å²) in [5, 5.41) is 9.05. The minimum atomic E-state index is -0.531. The van der Waals surface area contributed by atoms with E-state index in [4.69, 9.17) is 5.11 Å². The van der Waals surface area contributed by atoms with Crippen LogP contribution in [0.4, 0.5) is 0 Å². The topological polar surface area (TPSA) is 23.5 Å². The van der Waals surface area contributed by atoms with Gasteiger partial charge in [0.1, 0.15) is 6.23 Å². The van der Waals surface area contributed by atoms with Gasteiger partial charge in [-0.25, -0.2) is 0 Å². The lowest BCUT2D eigenvalue weighted by atomic mass is 10.3. The smallest absolute Gasteiger partial charge is 0.107 e. The predicted octanol–water partition coefficient (Wildman–Crippen LogP) is 1.26. The summed E-state index contributed by atoms with van der Waals surface area (Å²) < 4.78 is 0. The molecule has 0 aliphatic heterocycles. The van der Waals surface area contributed by atoms with Gasteiger partial charge in [-0.3, -0.25) is 4.90 Å². The Morgan fingerprint density at radius 2 is 2.10 bits per heavy atom. The zero-order valence-corrected chi connectivity index (χ0v) is 7.01. The molecule has 0 bridgehead atoms. The molecule has 2 nitrogen and oxygen atoms in total. The molecule has 0 aromatic carbocycles. The van der Waals surface area contributed by atoms with Crippen molar-refractivity contribution in [3.05, 3.63) is 6.92 Å². The molecule has 0 spiro atoms. The van der Waals surface area contributed by atoms with Crippen molar-refractivity contribution in [2.75, 3.05) is 13.1 Å². The van der Waals surface area contributed by atoms with Crippen LogP contribution in [0.5, 0.6) is 0 Å². The quantitative estimate of drug-likeness (QED) is 0.587. The molecule has 0 aliphatic carbocycles. The summed E-state index contributed by atoms with van der Waals surface area (Å²) in [4.78, 5) is 1.95. The monoisotopic (exact) mass is 144 g/mol. The maximum Gasteiger partial charge on any atom is 0.107 e. The lowest BCUT2D eigenvalue weighted by molar-refractivity contribution is 0.0426. The Morgan fingerprint density at radius 1 is 1.50 bits per heavy atom. The van der Waals surface area contributed by atoms with Gasteiger partial charge in [0, 0.05) is 6.54 Å². The van der Waals surface area contributed by atoms with E-state index < -0.39 is 6.23 Å². The summed E-state index contributed by atoms with van der Waals surface area (Å²) in [6.45, 7) is 9.55. The molecule has 1 atom stereocenters. The van der Waals surface area contributed by atoms with Crippen molar-refractivity contribution in [1.29, 1.82) is 0 Å². The van der Waals surface area contributed by atoms with Crippen LogP contribution in [0.15, 0.2) is 0 Å². The summed E-state index contributed by atoms with van der Waals surface area (Å²) in [6, 6.07) is 0. The number of aliphatic hydroxyl groups excluding tert-OH is 1. The second-order valence-corrected chi connectivity index (χ2v) is 2.46. The maximum absolute atomic E-state index is 9.05. The summed E-state index contributed by atoms with van der Waals surface area (Å²) in [6.07, 6.45) is 1.78. The lowest BCUT2D eigenvalue weighted by Gasteiger charge is -2.22. The number of unbranched alkanes of at least 4 members (excludes halogenated alkanes) is 1. The third-order valence-corrected chi connectivity index (χ3v) is 1.63. The van der Waals surface area contributed by atoms with Gasteiger partial charge in [0.05, 0.1) is 0 Å². The van der Waals surface area contributed by atoms with Crippen LogP contribution in [0.2, 0.25) is 0 Å². The predicted molar refractivity (Wildman–Crippen MR) is 43.5 cm³/mol. The molecular weight excluding hydrogens is 126 g/mol. The first-order valence-electron chi connectivity index (χ1n) is 3.97. The first-order chi connectivity index (χ1) is 4.72. The summed E-state index contributed by atoms with van der Waals surface area (Å²) in [7, 11) is 0. The molecular formula is C8H18NO. The molecule has 0 aromatic heterocycles. The lowest BCUT2D eigenvalue weighted by Crippen LogP contribution is -2.33. The van der Waals surface area contributed by atoms with Crippen molar-refractivity contribution in [2.45, 2.75) is 32.9 Å². The molecule has 1 unspecified atom stereocenters. The fraction of sp³-hybridized carbons (Fsp3) is 0.875. The van der Waals surface area contributed by atoms with Gasteiger partial charge in [-0.05, 0) is 19.9 Å². The van der Waals surface area contributed by atoms with Crippen LogP contribution in [0.25, 0.3) is 0 Å². The minimum Gasteiger partial charge on any atom is -0.378 e. The van der Waals surface area contributed by atoms with Crippen LogP contribution < -0.4 is 0 Å². The van der Waals surface area contributed by atoms with Crippen LogP contribution in [-0.2, 0) is 0 Å². The molecule has 1 N–H and O–H groups in total. The Balaban J connectivity index is 3.40. The Kier molecular flexibility index (Phi) is 5.64. The molecule has 2 heteroatoms. The van der Waals surface area contributed by atoms with E-state index in [1.54, 1.807) is 0 Å². The number of hydrogen-bond acceptors (Lipinski definition) is 2. The summed E-state index contributed by atoms with van der Waals surface area (Å²) in [5.41, 5.74) is 0. The molecule has 0 saturated carbocycles. The van der Waals surface area contributed by atoms with Crippen LogP contribution in [0.1, 0.15) is 26.7 Å². The second kappa shape index (κ2) is 5.69. The summed E-state index contributed by atoms with van der Waals surface area (Å²) >= 11 is 0. The van der Waals surface area contributed by atoms with Gasteiger partial charge in [-0.1, -0.05) is 20.3 Å². The van der Waals surface area contributed by atoms with Crippen molar-refractivity contribution in [3.63, 3.8) is 0 Å². The molecule has 0 rings (SSSR count). The van der Waals surface area contributed by atoms with Gasteiger partial charge in [0.25, 0.3) is 0 Å². The molecule has 1 radical (unpaired) electrons. The van der Waals surface area contributed by atoms with Crippen molar-refractivity contribution in [1.82, 2.24) is 4.90 Å². The van der Waals surface area contributed by atoms with Gasteiger partial charge < -0.3 is 5.11 Å². The highest BCUT2D eigenvalue weighted by Crippen LogP contribution is 1.97. The third kappa shape index (κ3) is 3.85. The number of rotatable bonds is 5.